The zero-order valence-electron chi connectivity index (χ0n) is 10.7. The van der Waals surface area contributed by atoms with Gasteiger partial charge in [0.05, 0.1) is 6.61 Å². The Morgan fingerprint density at radius 1 is 1.47 bits per heavy atom. The van der Waals surface area contributed by atoms with Gasteiger partial charge in [0.2, 0.25) is 0 Å². The number of hydrogen-bond donors (Lipinski definition) is 1. The summed E-state index contributed by atoms with van der Waals surface area (Å²) in [6.07, 6.45) is 3.62. The van der Waals surface area contributed by atoms with Crippen LogP contribution in [0.15, 0.2) is 12.2 Å². The van der Waals surface area contributed by atoms with Crippen molar-refractivity contribution in [2.45, 2.75) is 26.2 Å². The molecule has 4 nitrogen and oxygen atoms in total. The molecule has 0 radical (unpaired) electrons. The van der Waals surface area contributed by atoms with Crippen molar-refractivity contribution in [3.63, 3.8) is 0 Å². The first-order valence-corrected chi connectivity index (χ1v) is 6.37. The molecule has 0 spiro atoms. The van der Waals surface area contributed by atoms with Crippen molar-refractivity contribution in [3.05, 3.63) is 12.2 Å². The fourth-order valence-corrected chi connectivity index (χ4v) is 1.38. The van der Waals surface area contributed by atoms with Gasteiger partial charge in [-0.1, -0.05) is 6.58 Å². The summed E-state index contributed by atoms with van der Waals surface area (Å²) in [5.74, 6) is 0.511. The number of rotatable bonds is 10. The molecule has 0 amide bonds. The highest BCUT2D eigenvalue weighted by molar-refractivity contribution is 5.88. The van der Waals surface area contributed by atoms with Crippen LogP contribution < -0.4 is 5.32 Å². The number of carbonyl (C=O) groups excluding carboxylic acids is 1. The van der Waals surface area contributed by atoms with Gasteiger partial charge in [-0.15, -0.1) is 0 Å². The van der Waals surface area contributed by atoms with E-state index < -0.39 is 0 Å². The Morgan fingerprint density at radius 2 is 2.24 bits per heavy atom. The van der Waals surface area contributed by atoms with E-state index >= 15 is 0 Å². The smallest absolute Gasteiger partial charge is 0.334 e. The maximum atomic E-state index is 11.2. The molecule has 17 heavy (non-hydrogen) atoms. The topological polar surface area (TPSA) is 47.6 Å². The molecule has 0 aromatic heterocycles. The highest BCUT2D eigenvalue weighted by atomic mass is 16.5. The fraction of sp³-hybridized carbons (Fsp3) is 0.769. The lowest BCUT2D eigenvalue weighted by atomic mass is 10.3. The molecule has 1 N–H and O–H groups in total. The quantitative estimate of drug-likeness (QED) is 0.358. The SMILES string of the molecule is C=C(CNCCCOCC1CC1)C(=O)OCC. The van der Waals surface area contributed by atoms with Crippen LogP contribution in [0.3, 0.4) is 0 Å². The second kappa shape index (κ2) is 8.25. The summed E-state index contributed by atoms with van der Waals surface area (Å²) in [4.78, 5) is 11.2. The summed E-state index contributed by atoms with van der Waals surface area (Å²) in [5.41, 5.74) is 0.478. The lowest BCUT2D eigenvalue weighted by Crippen LogP contribution is -2.23. The molecular formula is C13H23NO3. The minimum absolute atomic E-state index is 0.315. The molecule has 0 unspecified atom stereocenters. The van der Waals surface area contributed by atoms with Crippen LogP contribution in [-0.2, 0) is 14.3 Å². The van der Waals surface area contributed by atoms with E-state index in [-0.39, 0.29) is 5.97 Å². The molecule has 98 valence electrons. The lowest BCUT2D eigenvalue weighted by molar-refractivity contribution is -0.138. The van der Waals surface area contributed by atoms with Gasteiger partial charge < -0.3 is 14.8 Å². The molecule has 0 aromatic carbocycles. The first-order valence-electron chi connectivity index (χ1n) is 6.37. The van der Waals surface area contributed by atoms with Crippen LogP contribution in [0, 0.1) is 5.92 Å². The molecule has 0 bridgehead atoms. The molecule has 0 aromatic rings. The number of hydrogen-bond acceptors (Lipinski definition) is 4. The average molecular weight is 241 g/mol. The molecule has 0 aliphatic heterocycles. The molecule has 1 aliphatic rings. The largest absolute Gasteiger partial charge is 0.463 e. The second-order valence-electron chi connectivity index (χ2n) is 4.37. The van der Waals surface area contributed by atoms with E-state index in [2.05, 4.69) is 11.9 Å². The highest BCUT2D eigenvalue weighted by Crippen LogP contribution is 2.28. The Hall–Kier alpha value is -0.870. The van der Waals surface area contributed by atoms with Crippen molar-refractivity contribution < 1.29 is 14.3 Å². The lowest BCUT2D eigenvalue weighted by Gasteiger charge is -2.07. The third-order valence-corrected chi connectivity index (χ3v) is 2.60. The predicted octanol–water partition coefficient (Wildman–Crippen LogP) is 1.51. The average Bonchev–Trinajstić information content (AvgIpc) is 3.11. The Morgan fingerprint density at radius 3 is 2.88 bits per heavy atom. The van der Waals surface area contributed by atoms with Crippen LogP contribution >= 0.6 is 0 Å². The van der Waals surface area contributed by atoms with Crippen molar-refractivity contribution in [2.75, 3.05) is 32.9 Å². The first-order chi connectivity index (χ1) is 8.24. The third kappa shape index (κ3) is 7.13. The van der Waals surface area contributed by atoms with Crippen LogP contribution in [0.4, 0.5) is 0 Å². The van der Waals surface area contributed by atoms with Crippen molar-refractivity contribution in [2.24, 2.45) is 5.92 Å². The minimum Gasteiger partial charge on any atom is -0.463 e. The van der Waals surface area contributed by atoms with E-state index in [0.717, 1.165) is 32.1 Å². The van der Waals surface area contributed by atoms with E-state index in [4.69, 9.17) is 9.47 Å². The molecule has 1 fully saturated rings. The van der Waals surface area contributed by atoms with Crippen molar-refractivity contribution in [3.8, 4) is 0 Å². The third-order valence-electron chi connectivity index (χ3n) is 2.60. The van der Waals surface area contributed by atoms with Gasteiger partial charge in [0.25, 0.3) is 0 Å². The molecule has 0 saturated heterocycles. The van der Waals surface area contributed by atoms with Crippen molar-refractivity contribution in [1.82, 2.24) is 5.32 Å². The number of carbonyl (C=O) groups is 1. The maximum Gasteiger partial charge on any atom is 0.334 e. The summed E-state index contributed by atoms with van der Waals surface area (Å²) < 4.78 is 10.3. The highest BCUT2D eigenvalue weighted by Gasteiger charge is 2.20. The summed E-state index contributed by atoms with van der Waals surface area (Å²) in [6, 6.07) is 0. The van der Waals surface area contributed by atoms with Crippen LogP contribution in [0.2, 0.25) is 0 Å². The normalized spacial score (nSPS) is 14.6. The molecule has 0 atom stereocenters. The van der Waals surface area contributed by atoms with Crippen LogP contribution in [-0.4, -0.2) is 38.9 Å². The monoisotopic (exact) mass is 241 g/mol. The molecule has 4 heteroatoms. The zero-order chi connectivity index (χ0) is 12.5. The van der Waals surface area contributed by atoms with Gasteiger partial charge in [-0.3, -0.25) is 0 Å². The second-order valence-corrected chi connectivity index (χ2v) is 4.37. The van der Waals surface area contributed by atoms with E-state index in [0.29, 0.717) is 18.7 Å². The summed E-state index contributed by atoms with van der Waals surface area (Å²) in [7, 11) is 0. The Labute approximate surface area is 103 Å². The van der Waals surface area contributed by atoms with E-state index in [1.54, 1.807) is 6.92 Å². The number of nitrogens with one attached hydrogen (secondary N) is 1. The van der Waals surface area contributed by atoms with Gasteiger partial charge in [0.15, 0.2) is 0 Å². The number of ether oxygens (including phenoxy) is 2. The maximum absolute atomic E-state index is 11.2. The van der Waals surface area contributed by atoms with Crippen molar-refractivity contribution >= 4 is 5.97 Å². The van der Waals surface area contributed by atoms with Gasteiger partial charge in [0.1, 0.15) is 0 Å². The van der Waals surface area contributed by atoms with Crippen LogP contribution in [0.1, 0.15) is 26.2 Å². The van der Waals surface area contributed by atoms with Crippen molar-refractivity contribution in [1.29, 1.82) is 0 Å². The molecular weight excluding hydrogens is 218 g/mol. The first kappa shape index (κ1) is 14.2. The minimum atomic E-state index is -0.315. The number of esters is 1. The Kier molecular flexibility index (Phi) is 6.89. The van der Waals surface area contributed by atoms with E-state index in [9.17, 15) is 4.79 Å². The van der Waals surface area contributed by atoms with Gasteiger partial charge in [-0.05, 0) is 38.6 Å². The van der Waals surface area contributed by atoms with E-state index in [1.807, 2.05) is 0 Å². The van der Waals surface area contributed by atoms with E-state index in [1.165, 1.54) is 12.8 Å². The van der Waals surface area contributed by atoms with Gasteiger partial charge in [-0.25, -0.2) is 4.79 Å². The van der Waals surface area contributed by atoms with Gasteiger partial charge in [0, 0.05) is 25.3 Å². The Balaban J connectivity index is 1.85. The van der Waals surface area contributed by atoms with Crippen LogP contribution in [0.5, 0.6) is 0 Å². The summed E-state index contributed by atoms with van der Waals surface area (Å²) in [5, 5.41) is 3.15. The zero-order valence-corrected chi connectivity index (χ0v) is 10.7. The molecule has 1 saturated carbocycles. The summed E-state index contributed by atoms with van der Waals surface area (Å²) >= 11 is 0. The fourth-order valence-electron chi connectivity index (χ4n) is 1.38. The predicted molar refractivity (Wildman–Crippen MR) is 66.8 cm³/mol. The van der Waals surface area contributed by atoms with Gasteiger partial charge >= 0.3 is 5.97 Å². The Bertz CT molecular complexity index is 249. The molecule has 1 aliphatic carbocycles. The standard InChI is InChI=1S/C13H23NO3/c1-3-17-13(15)11(2)9-14-7-4-8-16-10-12-5-6-12/h12,14H,2-10H2,1H3. The molecule has 1 rings (SSSR count). The molecule has 0 heterocycles. The van der Waals surface area contributed by atoms with Gasteiger partial charge in [-0.2, -0.15) is 0 Å². The van der Waals surface area contributed by atoms with Crippen LogP contribution in [0.25, 0.3) is 0 Å². The summed E-state index contributed by atoms with van der Waals surface area (Å²) in [6.45, 7) is 8.88.